The van der Waals surface area contributed by atoms with E-state index in [2.05, 4.69) is 0 Å². The minimum Gasteiger partial charge on any atom is -1.00 e. The molecule has 0 aromatic heterocycles. The van der Waals surface area contributed by atoms with Gasteiger partial charge in [0, 0.05) is 0 Å². The molecule has 0 saturated carbocycles. The molecule has 4 heavy (non-hydrogen) atoms. The molecule has 20 valence electrons. The van der Waals surface area contributed by atoms with Gasteiger partial charge in [0.15, 0.2) is 0 Å². The summed E-state index contributed by atoms with van der Waals surface area (Å²) in [6, 6.07) is 0. The SMILES string of the molecule is O=PO.[Cs+].[H-]. The van der Waals surface area contributed by atoms with Crippen LogP contribution in [0.1, 0.15) is 1.43 Å². The molecule has 0 heterocycles. The Labute approximate surface area is 86.2 Å². The molecule has 0 amide bonds. The molecule has 0 fully saturated rings. The zero-order chi connectivity index (χ0) is 2.71. The third-order valence-corrected chi connectivity index (χ3v) is 0. The van der Waals surface area contributed by atoms with E-state index in [0.717, 1.165) is 0 Å². The van der Waals surface area contributed by atoms with Crippen LogP contribution in [0.15, 0.2) is 0 Å². The van der Waals surface area contributed by atoms with Crippen molar-refractivity contribution in [3.05, 3.63) is 0 Å². The predicted molar refractivity (Wildman–Crippen MR) is 10.9 cm³/mol. The first-order chi connectivity index (χ1) is 1.41. The summed E-state index contributed by atoms with van der Waals surface area (Å²) in [6.07, 6.45) is 0. The summed E-state index contributed by atoms with van der Waals surface area (Å²) >= 11 is 0. The van der Waals surface area contributed by atoms with Crippen molar-refractivity contribution in [2.45, 2.75) is 0 Å². The topological polar surface area (TPSA) is 37.3 Å². The van der Waals surface area contributed by atoms with Gasteiger partial charge in [0.05, 0.1) is 0 Å². The molecular weight excluding hydrogens is 196 g/mol. The summed E-state index contributed by atoms with van der Waals surface area (Å²) in [7, 11) is -0.833. The second-order valence-corrected chi connectivity index (χ2v) is 0.245. The van der Waals surface area contributed by atoms with Crippen LogP contribution in [-0.2, 0) is 4.57 Å². The van der Waals surface area contributed by atoms with Crippen molar-refractivity contribution in [1.29, 1.82) is 0 Å². The Morgan fingerprint density at radius 1 is 2.00 bits per heavy atom. The van der Waals surface area contributed by atoms with Gasteiger partial charge in [-0.3, -0.25) is 0 Å². The Morgan fingerprint density at radius 3 is 2.00 bits per heavy atom. The largest absolute Gasteiger partial charge is 1.00 e. The van der Waals surface area contributed by atoms with Gasteiger partial charge in [-0.2, -0.15) is 0 Å². The zero-order valence-electron chi connectivity index (χ0n) is 3.30. The molecule has 0 atom stereocenters. The second-order valence-electron chi connectivity index (χ2n) is 0.0816. The van der Waals surface area contributed by atoms with Crippen molar-refractivity contribution in [3.8, 4) is 0 Å². The van der Waals surface area contributed by atoms with Crippen LogP contribution in [0.4, 0.5) is 0 Å². The fourth-order valence-electron chi connectivity index (χ4n) is 0. The average Bonchev–Trinajstić information content (AvgIpc) is 0.918. The third kappa shape index (κ3) is 8.93. The zero-order valence-corrected chi connectivity index (χ0v) is 9.48. The molecule has 0 bridgehead atoms. The van der Waals surface area contributed by atoms with Crippen molar-refractivity contribution in [2.75, 3.05) is 0 Å². The maximum atomic E-state index is 8.46. The van der Waals surface area contributed by atoms with Crippen LogP contribution >= 0.6 is 8.69 Å². The molecule has 0 saturated heterocycles. The van der Waals surface area contributed by atoms with Crippen LogP contribution in [0.2, 0.25) is 0 Å². The number of hydrogen-bond donors (Lipinski definition) is 1. The van der Waals surface area contributed by atoms with E-state index in [4.69, 9.17) is 9.46 Å². The second kappa shape index (κ2) is 8.93. The Balaban J connectivity index is -0.0000000200. The Kier molecular flexibility index (Phi) is 21.1. The molecule has 0 aliphatic carbocycles. The summed E-state index contributed by atoms with van der Waals surface area (Å²) in [4.78, 5) is 6.99. The Bertz CT molecular complexity index is 17.1. The minimum atomic E-state index is -0.833. The molecule has 0 rings (SSSR count). The fraction of sp³-hybridized carbons (Fsp3) is 0. The monoisotopic (exact) mass is 198 g/mol. The molecule has 0 radical (unpaired) electrons. The van der Waals surface area contributed by atoms with Crippen LogP contribution in [0, 0.1) is 0 Å². The van der Waals surface area contributed by atoms with Gasteiger partial charge in [-0.1, -0.05) is 0 Å². The van der Waals surface area contributed by atoms with Crippen molar-refractivity contribution >= 4 is 8.69 Å². The molecular formula is H2CsO2P. The van der Waals surface area contributed by atoms with Crippen molar-refractivity contribution < 1.29 is 79.8 Å². The van der Waals surface area contributed by atoms with Gasteiger partial charge in [-0.15, -0.1) is 0 Å². The normalized spacial score (nSPS) is 5.25. The van der Waals surface area contributed by atoms with Crippen LogP contribution in [0.3, 0.4) is 0 Å². The molecule has 1 N–H and O–H groups in total. The first kappa shape index (κ1) is 9.45. The van der Waals surface area contributed by atoms with E-state index in [0.29, 0.717) is 0 Å². The molecule has 0 aromatic rings. The fourth-order valence-corrected chi connectivity index (χ4v) is 0. The first-order valence-electron chi connectivity index (χ1n) is 0.383. The van der Waals surface area contributed by atoms with E-state index in [1.54, 1.807) is 0 Å². The van der Waals surface area contributed by atoms with Crippen LogP contribution in [0.5, 0.6) is 0 Å². The maximum Gasteiger partial charge on any atom is 1.00 e. The molecule has 2 nitrogen and oxygen atoms in total. The van der Waals surface area contributed by atoms with Crippen molar-refractivity contribution in [3.63, 3.8) is 0 Å². The van der Waals surface area contributed by atoms with E-state index in [1.807, 2.05) is 0 Å². The standard InChI is InChI=1S/Cs.HO2P.H/c;1-3-2;/h;(H,1,2);/q+1;;-1. The average molecular weight is 198 g/mol. The minimum absolute atomic E-state index is 0. The quantitative estimate of drug-likeness (QED) is 0.430. The van der Waals surface area contributed by atoms with Crippen molar-refractivity contribution in [2.24, 2.45) is 0 Å². The van der Waals surface area contributed by atoms with Gasteiger partial charge in [-0.25, -0.2) is 4.57 Å². The van der Waals surface area contributed by atoms with E-state index < -0.39 is 8.69 Å². The van der Waals surface area contributed by atoms with Gasteiger partial charge in [0.25, 0.3) is 0 Å². The predicted octanol–water partition coefficient (Wildman–Crippen LogP) is -2.70. The van der Waals surface area contributed by atoms with Crippen LogP contribution < -0.4 is 68.9 Å². The maximum absolute atomic E-state index is 8.46. The Hall–Kier alpha value is 2.11. The van der Waals surface area contributed by atoms with E-state index in [-0.39, 0.29) is 70.3 Å². The van der Waals surface area contributed by atoms with E-state index in [1.165, 1.54) is 0 Å². The van der Waals surface area contributed by atoms with Gasteiger partial charge < -0.3 is 6.32 Å². The molecule has 0 aliphatic rings. The molecule has 0 unspecified atom stereocenters. The molecule has 0 aliphatic heterocycles. The molecule has 4 heteroatoms. The Morgan fingerprint density at radius 2 is 2.00 bits per heavy atom. The first-order valence-corrected chi connectivity index (χ1v) is 1.15. The van der Waals surface area contributed by atoms with E-state index in [9.17, 15) is 0 Å². The van der Waals surface area contributed by atoms with Gasteiger partial charge in [-0.05, 0) is 0 Å². The summed E-state index contributed by atoms with van der Waals surface area (Å²) in [5.74, 6) is 0. The number of rotatable bonds is 0. The molecule has 0 aromatic carbocycles. The van der Waals surface area contributed by atoms with Crippen molar-refractivity contribution in [1.82, 2.24) is 0 Å². The smallest absolute Gasteiger partial charge is 1.00 e. The van der Waals surface area contributed by atoms with Gasteiger partial charge >= 0.3 is 77.6 Å². The summed E-state index contributed by atoms with van der Waals surface area (Å²) in [5.41, 5.74) is 0. The number of hydrogen-bond acceptors (Lipinski definition) is 1. The van der Waals surface area contributed by atoms with Crippen LogP contribution in [-0.4, -0.2) is 4.89 Å². The van der Waals surface area contributed by atoms with E-state index >= 15 is 0 Å². The summed E-state index contributed by atoms with van der Waals surface area (Å²) in [6.45, 7) is 0. The third-order valence-electron chi connectivity index (χ3n) is 0. The van der Waals surface area contributed by atoms with Gasteiger partial charge in [0.1, 0.15) is 0 Å². The van der Waals surface area contributed by atoms with Crippen LogP contribution in [0.25, 0.3) is 0 Å². The summed E-state index contributed by atoms with van der Waals surface area (Å²) < 4.78 is 8.46. The summed E-state index contributed by atoms with van der Waals surface area (Å²) in [5, 5.41) is 0. The van der Waals surface area contributed by atoms with Gasteiger partial charge in [0.2, 0.25) is 0 Å². The molecule has 0 spiro atoms.